The molecule has 0 saturated carbocycles. The lowest BCUT2D eigenvalue weighted by Crippen LogP contribution is -2.33. The van der Waals surface area contributed by atoms with Gasteiger partial charge in [-0.2, -0.15) is 5.10 Å². The number of hydrogen-bond acceptors (Lipinski definition) is 6. The maximum Gasteiger partial charge on any atom is 0.333 e. The van der Waals surface area contributed by atoms with Crippen LogP contribution in [0, 0.1) is 0 Å². The molecule has 0 amide bonds. The third-order valence-corrected chi connectivity index (χ3v) is 3.12. The summed E-state index contributed by atoms with van der Waals surface area (Å²) in [6.07, 6.45) is 6.75. The average Bonchev–Trinajstić information content (AvgIpc) is 3.05. The van der Waals surface area contributed by atoms with Crippen LogP contribution in [-0.4, -0.2) is 38.6 Å². The third kappa shape index (κ3) is 5.11. The van der Waals surface area contributed by atoms with Gasteiger partial charge in [0.25, 0.3) is 0 Å². The maximum atomic E-state index is 12.3. The van der Waals surface area contributed by atoms with E-state index in [1.165, 1.54) is 11.3 Å². The third-order valence-electron chi connectivity index (χ3n) is 2.41. The Bertz CT molecular complexity index is 585. The zero-order valence-electron chi connectivity index (χ0n) is 12.3. The first kappa shape index (κ1) is 15.4. The molecule has 0 spiro atoms. The van der Waals surface area contributed by atoms with Gasteiger partial charge in [-0.1, -0.05) is 0 Å². The Kier molecular flexibility index (Phi) is 4.85. The predicted octanol–water partition coefficient (Wildman–Crippen LogP) is 2.17. The molecule has 2 aromatic heterocycles. The van der Waals surface area contributed by atoms with Crippen molar-refractivity contribution < 1.29 is 9.53 Å². The molecule has 2 heterocycles. The van der Waals surface area contributed by atoms with Crippen molar-refractivity contribution in [1.29, 1.82) is 0 Å². The van der Waals surface area contributed by atoms with Crippen molar-refractivity contribution in [3.8, 4) is 0 Å². The summed E-state index contributed by atoms with van der Waals surface area (Å²) in [5, 5.41) is 6.71. The van der Waals surface area contributed by atoms with Crippen molar-refractivity contribution in [2.24, 2.45) is 4.99 Å². The van der Waals surface area contributed by atoms with Gasteiger partial charge in [0.05, 0.1) is 12.8 Å². The fraction of sp³-hybridized carbons (Fsp3) is 0.429. The van der Waals surface area contributed by atoms with Crippen molar-refractivity contribution in [2.45, 2.75) is 39.0 Å². The summed E-state index contributed by atoms with van der Waals surface area (Å²) in [6.45, 7) is 5.84. The maximum absolute atomic E-state index is 12.3. The lowest BCUT2D eigenvalue weighted by Gasteiger charge is -2.22. The van der Waals surface area contributed by atoms with Crippen LogP contribution in [0.1, 0.15) is 25.8 Å². The first-order valence-electron chi connectivity index (χ1n) is 6.57. The van der Waals surface area contributed by atoms with E-state index in [2.05, 4.69) is 15.1 Å². The van der Waals surface area contributed by atoms with Gasteiger partial charge in [-0.05, 0) is 26.8 Å². The van der Waals surface area contributed by atoms with Gasteiger partial charge in [-0.3, -0.25) is 9.67 Å². The minimum atomic E-state index is -0.645. The summed E-state index contributed by atoms with van der Waals surface area (Å²) in [6, 6.07) is 1.16. The number of hydrogen-bond donors (Lipinski definition) is 0. The van der Waals surface area contributed by atoms with Crippen molar-refractivity contribution in [3.63, 3.8) is 0 Å². The molecule has 0 N–H and O–H groups in total. The van der Waals surface area contributed by atoms with E-state index < -0.39 is 11.6 Å². The van der Waals surface area contributed by atoms with Crippen LogP contribution in [0.4, 0.5) is 0 Å². The average molecular weight is 306 g/mol. The van der Waals surface area contributed by atoms with Gasteiger partial charge in [-0.25, -0.2) is 9.78 Å². The SMILES string of the molecule is CC(C)(C)OC(=O)C(Cn1cccn1)N=Cc1nccs1. The van der Waals surface area contributed by atoms with E-state index >= 15 is 0 Å². The van der Waals surface area contributed by atoms with Gasteiger partial charge < -0.3 is 4.74 Å². The monoisotopic (exact) mass is 306 g/mol. The number of esters is 1. The predicted molar refractivity (Wildman–Crippen MR) is 81.6 cm³/mol. The Hall–Kier alpha value is -2.02. The van der Waals surface area contributed by atoms with Gasteiger partial charge in [-0.15, -0.1) is 11.3 Å². The summed E-state index contributed by atoms with van der Waals surface area (Å²) < 4.78 is 7.07. The van der Waals surface area contributed by atoms with Crippen molar-refractivity contribution in [3.05, 3.63) is 35.0 Å². The minimum absolute atomic E-state index is 0.337. The number of carbonyl (C=O) groups excluding carboxylic acids is 1. The fourth-order valence-corrected chi connectivity index (χ4v) is 2.09. The number of rotatable bonds is 5. The fourth-order valence-electron chi connectivity index (χ4n) is 1.59. The second kappa shape index (κ2) is 6.62. The van der Waals surface area contributed by atoms with Gasteiger partial charge >= 0.3 is 5.97 Å². The number of nitrogens with zero attached hydrogens (tertiary/aromatic N) is 4. The molecular formula is C14H18N4O2S. The lowest BCUT2D eigenvalue weighted by molar-refractivity contribution is -0.156. The highest BCUT2D eigenvalue weighted by Gasteiger charge is 2.25. The molecular weight excluding hydrogens is 288 g/mol. The van der Waals surface area contributed by atoms with E-state index in [9.17, 15) is 4.79 Å². The molecule has 6 nitrogen and oxygen atoms in total. The van der Waals surface area contributed by atoms with Crippen LogP contribution in [0.5, 0.6) is 0 Å². The summed E-state index contributed by atoms with van der Waals surface area (Å²) in [7, 11) is 0. The molecule has 0 aliphatic heterocycles. The highest BCUT2D eigenvalue weighted by atomic mass is 32.1. The Balaban J connectivity index is 2.11. The molecule has 1 unspecified atom stereocenters. The molecule has 2 aromatic rings. The molecule has 0 saturated heterocycles. The summed E-state index contributed by atoms with van der Waals surface area (Å²) in [5.74, 6) is -0.370. The van der Waals surface area contributed by atoms with Crippen LogP contribution in [0.15, 0.2) is 35.0 Å². The zero-order valence-corrected chi connectivity index (χ0v) is 13.1. The zero-order chi connectivity index (χ0) is 15.3. The molecule has 2 rings (SSSR count). The Morgan fingerprint density at radius 2 is 2.33 bits per heavy atom. The number of aromatic nitrogens is 3. The van der Waals surface area contributed by atoms with Crippen molar-refractivity contribution >= 4 is 23.5 Å². The Morgan fingerprint density at radius 1 is 1.52 bits per heavy atom. The van der Waals surface area contributed by atoms with Crippen LogP contribution >= 0.6 is 11.3 Å². The van der Waals surface area contributed by atoms with Crippen LogP contribution in [0.3, 0.4) is 0 Å². The standard InChI is InChI=1S/C14H18N4O2S/c1-14(2,3)20-13(19)11(10-18-7-4-5-17-18)16-9-12-15-6-8-21-12/h4-9,11H,10H2,1-3H3. The number of thiazole rings is 1. The largest absolute Gasteiger partial charge is 0.458 e. The molecule has 0 radical (unpaired) electrons. The van der Waals surface area contributed by atoms with Crippen LogP contribution in [0.2, 0.25) is 0 Å². The highest BCUT2D eigenvalue weighted by molar-refractivity contribution is 7.11. The molecule has 1 atom stereocenters. The Labute approximate surface area is 127 Å². The number of ether oxygens (including phenoxy) is 1. The van der Waals surface area contributed by atoms with E-state index in [0.29, 0.717) is 6.54 Å². The van der Waals surface area contributed by atoms with Gasteiger partial charge in [0.2, 0.25) is 0 Å². The second-order valence-electron chi connectivity index (χ2n) is 5.43. The smallest absolute Gasteiger partial charge is 0.333 e. The molecule has 0 bridgehead atoms. The van der Waals surface area contributed by atoms with E-state index in [-0.39, 0.29) is 5.97 Å². The highest BCUT2D eigenvalue weighted by Crippen LogP contribution is 2.11. The lowest BCUT2D eigenvalue weighted by atomic mass is 10.2. The van der Waals surface area contributed by atoms with E-state index in [0.717, 1.165) is 5.01 Å². The number of aliphatic imine (C=N–C) groups is 1. The second-order valence-corrected chi connectivity index (χ2v) is 6.35. The first-order chi connectivity index (χ1) is 9.94. The van der Waals surface area contributed by atoms with E-state index in [1.54, 1.807) is 35.6 Å². The molecule has 0 fully saturated rings. The van der Waals surface area contributed by atoms with Gasteiger partial charge in [0.15, 0.2) is 6.04 Å². The summed E-state index contributed by atoms with van der Waals surface area (Å²) in [4.78, 5) is 20.7. The van der Waals surface area contributed by atoms with Gasteiger partial charge in [0, 0.05) is 24.0 Å². The first-order valence-corrected chi connectivity index (χ1v) is 7.45. The normalized spacial score (nSPS) is 13.5. The van der Waals surface area contributed by atoms with Gasteiger partial charge in [0.1, 0.15) is 10.6 Å². The molecule has 0 aliphatic carbocycles. The molecule has 21 heavy (non-hydrogen) atoms. The van der Waals surface area contributed by atoms with Crippen LogP contribution in [0.25, 0.3) is 0 Å². The molecule has 7 heteroatoms. The molecule has 0 aliphatic rings. The molecule has 112 valence electrons. The number of carbonyl (C=O) groups is 1. The van der Waals surface area contributed by atoms with Crippen molar-refractivity contribution in [2.75, 3.05) is 0 Å². The summed E-state index contributed by atoms with van der Waals surface area (Å²) in [5.41, 5.74) is -0.545. The molecule has 0 aromatic carbocycles. The summed E-state index contributed by atoms with van der Waals surface area (Å²) >= 11 is 1.46. The van der Waals surface area contributed by atoms with E-state index in [4.69, 9.17) is 4.74 Å². The van der Waals surface area contributed by atoms with E-state index in [1.807, 2.05) is 26.2 Å². The minimum Gasteiger partial charge on any atom is -0.458 e. The van der Waals surface area contributed by atoms with Crippen molar-refractivity contribution in [1.82, 2.24) is 14.8 Å². The Morgan fingerprint density at radius 3 is 2.90 bits per heavy atom. The quantitative estimate of drug-likeness (QED) is 0.627. The topological polar surface area (TPSA) is 69.4 Å². The van der Waals surface area contributed by atoms with Crippen LogP contribution in [-0.2, 0) is 16.1 Å². The van der Waals surface area contributed by atoms with Crippen LogP contribution < -0.4 is 0 Å².